The lowest BCUT2D eigenvalue weighted by Crippen LogP contribution is -1.96. The average Bonchev–Trinajstić information content (AvgIpc) is 2.27. The zero-order chi connectivity index (χ0) is 12.1. The molecule has 1 rings (SSSR count). The van der Waals surface area contributed by atoms with Crippen molar-refractivity contribution < 1.29 is 14.5 Å². The van der Waals surface area contributed by atoms with E-state index in [0.717, 1.165) is 0 Å². The fourth-order valence-corrected chi connectivity index (χ4v) is 1.05. The maximum absolute atomic E-state index is 10.8. The van der Waals surface area contributed by atoms with Gasteiger partial charge in [0.1, 0.15) is 5.69 Å². The first-order chi connectivity index (χ1) is 7.54. The number of esters is 1. The Morgan fingerprint density at radius 1 is 1.56 bits per heavy atom. The molecule has 6 heteroatoms. The van der Waals surface area contributed by atoms with Crippen LogP contribution in [0.4, 0.5) is 11.4 Å². The number of nitro groups is 1. The highest BCUT2D eigenvalue weighted by atomic mass is 16.6. The van der Waals surface area contributed by atoms with E-state index in [-0.39, 0.29) is 11.4 Å². The standard InChI is InChI=1S/C10H10N2O4/c1-16-10(13)5-3-7-2-4-8(11)9(6-7)12(14)15/h2-6H,11H2,1H3. The van der Waals surface area contributed by atoms with Gasteiger partial charge >= 0.3 is 5.97 Å². The van der Waals surface area contributed by atoms with Gasteiger partial charge in [-0.3, -0.25) is 10.1 Å². The monoisotopic (exact) mass is 222 g/mol. The Balaban J connectivity index is 2.99. The molecular weight excluding hydrogens is 212 g/mol. The first kappa shape index (κ1) is 11.7. The highest BCUT2D eigenvalue weighted by Gasteiger charge is 2.10. The number of benzene rings is 1. The molecule has 2 N–H and O–H groups in total. The first-order valence-corrected chi connectivity index (χ1v) is 4.34. The van der Waals surface area contributed by atoms with E-state index in [9.17, 15) is 14.9 Å². The minimum absolute atomic E-state index is 0.0835. The summed E-state index contributed by atoms with van der Waals surface area (Å²) in [6.45, 7) is 0. The number of nitrogen functional groups attached to an aromatic ring is 1. The second-order valence-corrected chi connectivity index (χ2v) is 2.93. The van der Waals surface area contributed by atoms with Gasteiger partial charge in [0.25, 0.3) is 5.69 Å². The van der Waals surface area contributed by atoms with Gasteiger partial charge in [0.2, 0.25) is 0 Å². The summed E-state index contributed by atoms with van der Waals surface area (Å²) >= 11 is 0. The zero-order valence-electron chi connectivity index (χ0n) is 8.54. The molecule has 0 radical (unpaired) electrons. The van der Waals surface area contributed by atoms with Gasteiger partial charge in [-0.2, -0.15) is 0 Å². The van der Waals surface area contributed by atoms with Gasteiger partial charge in [-0.15, -0.1) is 0 Å². The van der Waals surface area contributed by atoms with Crippen LogP contribution in [0.3, 0.4) is 0 Å². The summed E-state index contributed by atoms with van der Waals surface area (Å²) in [4.78, 5) is 20.8. The van der Waals surface area contributed by atoms with Crippen molar-refractivity contribution in [3.8, 4) is 0 Å². The number of hydrogen-bond acceptors (Lipinski definition) is 5. The Hall–Kier alpha value is -2.37. The summed E-state index contributed by atoms with van der Waals surface area (Å²) in [6, 6.07) is 4.27. The smallest absolute Gasteiger partial charge is 0.330 e. The Kier molecular flexibility index (Phi) is 3.60. The van der Waals surface area contributed by atoms with Gasteiger partial charge in [-0.05, 0) is 17.7 Å². The average molecular weight is 222 g/mol. The summed E-state index contributed by atoms with van der Waals surface area (Å²) in [5.74, 6) is -0.528. The fraction of sp³-hybridized carbons (Fsp3) is 0.100. The predicted molar refractivity (Wildman–Crippen MR) is 58.6 cm³/mol. The van der Waals surface area contributed by atoms with Crippen molar-refractivity contribution in [1.82, 2.24) is 0 Å². The van der Waals surface area contributed by atoms with E-state index in [1.54, 1.807) is 6.07 Å². The number of rotatable bonds is 3. The molecule has 0 atom stereocenters. The summed E-state index contributed by atoms with van der Waals surface area (Å²) in [5, 5.41) is 10.6. The van der Waals surface area contributed by atoms with Gasteiger partial charge in [0, 0.05) is 12.1 Å². The highest BCUT2D eigenvalue weighted by Crippen LogP contribution is 2.22. The number of nitro benzene ring substituents is 1. The van der Waals surface area contributed by atoms with Crippen molar-refractivity contribution in [1.29, 1.82) is 0 Å². The van der Waals surface area contributed by atoms with Crippen molar-refractivity contribution >= 4 is 23.4 Å². The molecule has 0 aliphatic carbocycles. The molecule has 0 fully saturated rings. The van der Waals surface area contributed by atoms with Gasteiger partial charge in [-0.1, -0.05) is 6.07 Å². The molecule has 6 nitrogen and oxygen atoms in total. The third kappa shape index (κ3) is 2.81. The molecule has 0 spiro atoms. The molecule has 0 aliphatic heterocycles. The van der Waals surface area contributed by atoms with Gasteiger partial charge in [0.15, 0.2) is 0 Å². The van der Waals surface area contributed by atoms with Crippen LogP contribution in [-0.2, 0) is 9.53 Å². The van der Waals surface area contributed by atoms with Crippen molar-refractivity contribution in [2.75, 3.05) is 12.8 Å². The van der Waals surface area contributed by atoms with Gasteiger partial charge in [0.05, 0.1) is 12.0 Å². The maximum atomic E-state index is 10.8. The first-order valence-electron chi connectivity index (χ1n) is 4.34. The minimum atomic E-state index is -0.579. The molecule has 0 aromatic heterocycles. The Morgan fingerprint density at radius 2 is 2.25 bits per heavy atom. The van der Waals surface area contributed by atoms with Crippen LogP contribution < -0.4 is 5.73 Å². The number of nitrogens with two attached hydrogens (primary N) is 1. The van der Waals surface area contributed by atoms with E-state index < -0.39 is 10.9 Å². The van der Waals surface area contributed by atoms with Crippen molar-refractivity contribution in [3.63, 3.8) is 0 Å². The van der Waals surface area contributed by atoms with Gasteiger partial charge < -0.3 is 10.5 Å². The van der Waals surface area contributed by atoms with Crippen molar-refractivity contribution in [2.24, 2.45) is 0 Å². The summed E-state index contributed by atoms with van der Waals surface area (Å²) in [5.41, 5.74) is 5.82. The highest BCUT2D eigenvalue weighted by molar-refractivity contribution is 5.87. The zero-order valence-corrected chi connectivity index (χ0v) is 8.54. The predicted octanol–water partition coefficient (Wildman–Crippen LogP) is 1.36. The molecule has 1 aromatic rings. The van der Waals surface area contributed by atoms with Crippen LogP contribution in [0, 0.1) is 10.1 Å². The van der Waals surface area contributed by atoms with Crippen LogP contribution in [0.1, 0.15) is 5.56 Å². The quantitative estimate of drug-likeness (QED) is 0.274. The van der Waals surface area contributed by atoms with E-state index in [1.807, 2.05) is 0 Å². The normalized spacial score (nSPS) is 10.3. The maximum Gasteiger partial charge on any atom is 0.330 e. The SMILES string of the molecule is COC(=O)C=Cc1ccc(N)c([N+](=O)[O-])c1. The molecule has 0 heterocycles. The van der Waals surface area contributed by atoms with Gasteiger partial charge in [-0.25, -0.2) is 4.79 Å². The van der Waals surface area contributed by atoms with Crippen LogP contribution >= 0.6 is 0 Å². The van der Waals surface area contributed by atoms with Crippen molar-refractivity contribution in [2.45, 2.75) is 0 Å². The Bertz CT molecular complexity index is 454. The second-order valence-electron chi connectivity index (χ2n) is 2.93. The Labute approximate surface area is 91.5 Å². The van der Waals surface area contributed by atoms with Crippen LogP contribution in [0.5, 0.6) is 0 Å². The molecule has 0 aliphatic rings. The topological polar surface area (TPSA) is 95.5 Å². The summed E-state index contributed by atoms with van der Waals surface area (Å²) in [7, 11) is 1.25. The number of methoxy groups -OCH3 is 1. The van der Waals surface area contributed by atoms with Crippen LogP contribution in [0.2, 0.25) is 0 Å². The van der Waals surface area contributed by atoms with E-state index in [0.29, 0.717) is 5.56 Å². The number of ether oxygens (including phenoxy) is 1. The number of nitrogens with zero attached hydrogens (tertiary/aromatic N) is 1. The second kappa shape index (κ2) is 4.92. The number of hydrogen-bond donors (Lipinski definition) is 1. The number of carbonyl (C=O) groups is 1. The minimum Gasteiger partial charge on any atom is -0.466 e. The lowest BCUT2D eigenvalue weighted by Gasteiger charge is -1.98. The lowest BCUT2D eigenvalue weighted by atomic mass is 10.1. The molecule has 0 unspecified atom stereocenters. The lowest BCUT2D eigenvalue weighted by molar-refractivity contribution is -0.383. The Morgan fingerprint density at radius 3 is 2.81 bits per heavy atom. The van der Waals surface area contributed by atoms with E-state index in [4.69, 9.17) is 5.73 Å². The third-order valence-corrected chi connectivity index (χ3v) is 1.86. The molecule has 0 saturated carbocycles. The number of anilines is 1. The van der Waals surface area contributed by atoms with E-state index in [1.165, 1.54) is 31.4 Å². The molecule has 0 saturated heterocycles. The molecular formula is C10H10N2O4. The van der Waals surface area contributed by atoms with E-state index in [2.05, 4.69) is 4.74 Å². The summed E-state index contributed by atoms with van der Waals surface area (Å²) < 4.78 is 4.39. The van der Waals surface area contributed by atoms with Crippen LogP contribution in [-0.4, -0.2) is 18.0 Å². The third-order valence-electron chi connectivity index (χ3n) is 1.86. The number of carbonyl (C=O) groups excluding carboxylic acids is 1. The van der Waals surface area contributed by atoms with Crippen LogP contribution in [0.25, 0.3) is 6.08 Å². The molecule has 16 heavy (non-hydrogen) atoms. The summed E-state index contributed by atoms with van der Waals surface area (Å²) in [6.07, 6.45) is 2.59. The molecule has 1 aromatic carbocycles. The largest absolute Gasteiger partial charge is 0.466 e. The fourth-order valence-electron chi connectivity index (χ4n) is 1.05. The van der Waals surface area contributed by atoms with Crippen molar-refractivity contribution in [3.05, 3.63) is 40.0 Å². The molecule has 0 amide bonds. The molecule has 0 bridgehead atoms. The molecule has 84 valence electrons. The van der Waals surface area contributed by atoms with E-state index >= 15 is 0 Å². The van der Waals surface area contributed by atoms with Crippen LogP contribution in [0.15, 0.2) is 24.3 Å².